The zero-order chi connectivity index (χ0) is 8.10. The van der Waals surface area contributed by atoms with Crippen molar-refractivity contribution in [3.63, 3.8) is 0 Å². The van der Waals surface area contributed by atoms with Crippen LogP contribution in [0.5, 0.6) is 0 Å². The highest BCUT2D eigenvalue weighted by atomic mass is 19.1. The van der Waals surface area contributed by atoms with Crippen molar-refractivity contribution in [2.75, 3.05) is 0 Å². The van der Waals surface area contributed by atoms with E-state index in [2.05, 4.69) is 6.92 Å². The third kappa shape index (κ3) is 2.54. The van der Waals surface area contributed by atoms with Crippen LogP contribution >= 0.6 is 0 Å². The Morgan fingerprint density at radius 3 is 2.45 bits per heavy atom. The monoisotopic (exact) mass is 150 g/mol. The van der Waals surface area contributed by atoms with Crippen LogP contribution in [0.4, 0.5) is 4.39 Å². The van der Waals surface area contributed by atoms with E-state index in [1.54, 1.807) is 12.1 Å². The van der Waals surface area contributed by atoms with Gasteiger partial charge >= 0.3 is 0 Å². The lowest BCUT2D eigenvalue weighted by Crippen LogP contribution is -1.73. The van der Waals surface area contributed by atoms with Gasteiger partial charge in [-0.25, -0.2) is 4.39 Å². The van der Waals surface area contributed by atoms with Crippen LogP contribution in [0.15, 0.2) is 30.3 Å². The minimum atomic E-state index is -0.182. The SMILES string of the molecule is CCC=Cc1ccc(F)cc1. The molecule has 0 saturated heterocycles. The van der Waals surface area contributed by atoms with Crippen molar-refractivity contribution < 1.29 is 4.39 Å². The van der Waals surface area contributed by atoms with Crippen LogP contribution in [0.3, 0.4) is 0 Å². The maximum absolute atomic E-state index is 12.4. The van der Waals surface area contributed by atoms with Gasteiger partial charge in [0.05, 0.1) is 0 Å². The van der Waals surface area contributed by atoms with Crippen molar-refractivity contribution in [3.05, 3.63) is 41.7 Å². The smallest absolute Gasteiger partial charge is 0.123 e. The van der Waals surface area contributed by atoms with Gasteiger partial charge in [-0.2, -0.15) is 0 Å². The maximum Gasteiger partial charge on any atom is 0.123 e. The molecule has 0 aliphatic heterocycles. The number of benzene rings is 1. The minimum absolute atomic E-state index is 0.182. The van der Waals surface area contributed by atoms with Crippen LogP contribution in [-0.4, -0.2) is 0 Å². The van der Waals surface area contributed by atoms with Crippen LogP contribution in [0.25, 0.3) is 6.08 Å². The van der Waals surface area contributed by atoms with Crippen LogP contribution in [0.2, 0.25) is 0 Å². The third-order valence-corrected chi connectivity index (χ3v) is 1.42. The van der Waals surface area contributed by atoms with Crippen molar-refractivity contribution >= 4 is 6.08 Å². The first-order valence-corrected chi connectivity index (χ1v) is 3.75. The molecule has 1 aromatic carbocycles. The van der Waals surface area contributed by atoms with Gasteiger partial charge < -0.3 is 0 Å². The summed E-state index contributed by atoms with van der Waals surface area (Å²) in [4.78, 5) is 0. The minimum Gasteiger partial charge on any atom is -0.207 e. The molecule has 0 aliphatic rings. The molecular weight excluding hydrogens is 139 g/mol. The van der Waals surface area contributed by atoms with Gasteiger partial charge in [0, 0.05) is 0 Å². The Morgan fingerprint density at radius 1 is 1.27 bits per heavy atom. The van der Waals surface area contributed by atoms with E-state index in [4.69, 9.17) is 0 Å². The largest absolute Gasteiger partial charge is 0.207 e. The van der Waals surface area contributed by atoms with E-state index in [0.717, 1.165) is 12.0 Å². The van der Waals surface area contributed by atoms with Gasteiger partial charge in [0.2, 0.25) is 0 Å². The molecule has 0 atom stereocenters. The molecule has 0 saturated carbocycles. The van der Waals surface area contributed by atoms with Gasteiger partial charge in [0.25, 0.3) is 0 Å². The van der Waals surface area contributed by atoms with E-state index in [0.29, 0.717) is 0 Å². The Balaban J connectivity index is 2.73. The average molecular weight is 150 g/mol. The molecule has 1 rings (SSSR count). The number of allylic oxidation sites excluding steroid dienone is 1. The standard InChI is InChI=1S/C10H11F/c1-2-3-4-9-5-7-10(11)8-6-9/h3-8H,2H2,1H3. The Bertz CT molecular complexity index is 234. The van der Waals surface area contributed by atoms with Crippen LogP contribution < -0.4 is 0 Å². The average Bonchev–Trinajstić information content (AvgIpc) is 2.04. The lowest BCUT2D eigenvalue weighted by atomic mass is 10.2. The van der Waals surface area contributed by atoms with E-state index < -0.39 is 0 Å². The quantitative estimate of drug-likeness (QED) is 0.607. The molecular formula is C10H11F. The van der Waals surface area contributed by atoms with E-state index in [1.165, 1.54) is 12.1 Å². The summed E-state index contributed by atoms with van der Waals surface area (Å²) in [5.74, 6) is -0.182. The molecule has 0 bridgehead atoms. The summed E-state index contributed by atoms with van der Waals surface area (Å²) < 4.78 is 12.4. The summed E-state index contributed by atoms with van der Waals surface area (Å²) in [5, 5.41) is 0. The molecule has 0 aliphatic carbocycles. The van der Waals surface area contributed by atoms with Crippen molar-refractivity contribution in [3.8, 4) is 0 Å². The number of halogens is 1. The molecule has 58 valence electrons. The van der Waals surface area contributed by atoms with Crippen LogP contribution in [0.1, 0.15) is 18.9 Å². The number of hydrogen-bond acceptors (Lipinski definition) is 0. The molecule has 0 spiro atoms. The molecule has 1 heteroatoms. The Morgan fingerprint density at radius 2 is 1.91 bits per heavy atom. The first-order chi connectivity index (χ1) is 5.33. The Hall–Kier alpha value is -1.11. The summed E-state index contributed by atoms with van der Waals surface area (Å²) in [6.07, 6.45) is 5.05. The Kier molecular flexibility index (Phi) is 2.84. The van der Waals surface area contributed by atoms with E-state index >= 15 is 0 Å². The van der Waals surface area contributed by atoms with Crippen molar-refractivity contribution in [2.24, 2.45) is 0 Å². The molecule has 0 N–H and O–H groups in total. The molecule has 0 amide bonds. The molecule has 0 aromatic heterocycles. The van der Waals surface area contributed by atoms with Crippen LogP contribution in [0, 0.1) is 5.82 Å². The second-order valence-electron chi connectivity index (χ2n) is 2.36. The summed E-state index contributed by atoms with van der Waals surface area (Å²) in [6, 6.07) is 6.47. The van der Waals surface area contributed by atoms with E-state index in [1.807, 2.05) is 12.2 Å². The topological polar surface area (TPSA) is 0 Å². The van der Waals surface area contributed by atoms with Crippen molar-refractivity contribution in [1.82, 2.24) is 0 Å². The highest BCUT2D eigenvalue weighted by Crippen LogP contribution is 2.04. The second kappa shape index (κ2) is 3.91. The van der Waals surface area contributed by atoms with Gasteiger partial charge in [0.1, 0.15) is 5.82 Å². The van der Waals surface area contributed by atoms with Gasteiger partial charge in [0.15, 0.2) is 0 Å². The fraction of sp³-hybridized carbons (Fsp3) is 0.200. The molecule has 0 fully saturated rings. The molecule has 1 aromatic rings. The van der Waals surface area contributed by atoms with Gasteiger partial charge in [-0.1, -0.05) is 31.2 Å². The highest BCUT2D eigenvalue weighted by molar-refractivity contribution is 5.48. The number of hydrogen-bond donors (Lipinski definition) is 0. The zero-order valence-electron chi connectivity index (χ0n) is 6.55. The summed E-state index contributed by atoms with van der Waals surface area (Å²) in [5.41, 5.74) is 1.05. The maximum atomic E-state index is 12.4. The molecule has 11 heavy (non-hydrogen) atoms. The van der Waals surface area contributed by atoms with Gasteiger partial charge in [-0.3, -0.25) is 0 Å². The van der Waals surface area contributed by atoms with E-state index in [9.17, 15) is 4.39 Å². The molecule has 0 nitrogen and oxygen atoms in total. The molecule has 0 unspecified atom stereocenters. The molecule has 0 heterocycles. The summed E-state index contributed by atoms with van der Waals surface area (Å²) >= 11 is 0. The fourth-order valence-corrected chi connectivity index (χ4v) is 0.828. The van der Waals surface area contributed by atoms with Crippen molar-refractivity contribution in [1.29, 1.82) is 0 Å². The normalized spacial score (nSPS) is 10.7. The lowest BCUT2D eigenvalue weighted by Gasteiger charge is -1.90. The van der Waals surface area contributed by atoms with E-state index in [-0.39, 0.29) is 5.82 Å². The predicted molar refractivity (Wildman–Crippen MR) is 45.7 cm³/mol. The zero-order valence-corrected chi connectivity index (χ0v) is 6.55. The first-order valence-electron chi connectivity index (χ1n) is 3.75. The van der Waals surface area contributed by atoms with Crippen LogP contribution in [-0.2, 0) is 0 Å². The summed E-state index contributed by atoms with van der Waals surface area (Å²) in [6.45, 7) is 2.07. The number of rotatable bonds is 2. The fourth-order valence-electron chi connectivity index (χ4n) is 0.828. The lowest BCUT2D eigenvalue weighted by molar-refractivity contribution is 0.628. The molecule has 0 radical (unpaired) electrons. The van der Waals surface area contributed by atoms with Gasteiger partial charge in [-0.15, -0.1) is 0 Å². The summed E-state index contributed by atoms with van der Waals surface area (Å²) in [7, 11) is 0. The second-order valence-corrected chi connectivity index (χ2v) is 2.36. The third-order valence-electron chi connectivity index (χ3n) is 1.42. The Labute approximate surface area is 66.4 Å². The predicted octanol–water partition coefficient (Wildman–Crippen LogP) is 3.25. The van der Waals surface area contributed by atoms with Gasteiger partial charge in [-0.05, 0) is 24.1 Å². The first kappa shape index (κ1) is 7.99. The highest BCUT2D eigenvalue weighted by Gasteiger charge is 1.86. The van der Waals surface area contributed by atoms with Crippen molar-refractivity contribution in [2.45, 2.75) is 13.3 Å².